The summed E-state index contributed by atoms with van der Waals surface area (Å²) < 4.78 is 5.71. The molecule has 0 aliphatic rings. The van der Waals surface area contributed by atoms with Gasteiger partial charge in [0.1, 0.15) is 11.6 Å². The van der Waals surface area contributed by atoms with Crippen LogP contribution in [0.15, 0.2) is 36.5 Å². The van der Waals surface area contributed by atoms with Crippen molar-refractivity contribution in [2.75, 3.05) is 11.9 Å². The molecule has 0 saturated carbocycles. The largest absolute Gasteiger partial charge is 0.493 e. The monoisotopic (exact) mass is 271 g/mol. The number of rotatable bonds is 6. The summed E-state index contributed by atoms with van der Waals surface area (Å²) in [7, 11) is 0. The van der Waals surface area contributed by atoms with E-state index >= 15 is 0 Å². The van der Waals surface area contributed by atoms with Gasteiger partial charge in [-0.1, -0.05) is 19.9 Å². The Morgan fingerprint density at radius 1 is 1.25 bits per heavy atom. The Kier molecular flexibility index (Phi) is 4.93. The summed E-state index contributed by atoms with van der Waals surface area (Å²) in [6, 6.07) is 9.91. The van der Waals surface area contributed by atoms with Gasteiger partial charge < -0.3 is 10.1 Å². The predicted octanol–water partition coefficient (Wildman–Crippen LogP) is 3.43. The third-order valence-corrected chi connectivity index (χ3v) is 2.72. The van der Waals surface area contributed by atoms with Gasteiger partial charge in [-0.3, -0.25) is 0 Å². The number of aromatic nitrogens is 2. The lowest BCUT2D eigenvalue weighted by Crippen LogP contribution is -2.06. The SMILES string of the molecule is Cc1nccc(CNc2cccc(OCC(C)C)c2)n1. The Bertz CT molecular complexity index is 555. The van der Waals surface area contributed by atoms with Gasteiger partial charge in [-0.25, -0.2) is 9.97 Å². The number of benzene rings is 1. The normalized spacial score (nSPS) is 10.6. The van der Waals surface area contributed by atoms with Gasteiger partial charge in [-0.05, 0) is 31.0 Å². The molecule has 0 atom stereocenters. The number of hydrogen-bond donors (Lipinski definition) is 1. The van der Waals surface area contributed by atoms with Crippen molar-refractivity contribution < 1.29 is 4.74 Å². The zero-order valence-electron chi connectivity index (χ0n) is 12.3. The summed E-state index contributed by atoms with van der Waals surface area (Å²) in [5, 5.41) is 3.35. The van der Waals surface area contributed by atoms with Crippen LogP contribution in [0.2, 0.25) is 0 Å². The molecule has 106 valence electrons. The van der Waals surface area contributed by atoms with Gasteiger partial charge >= 0.3 is 0 Å². The minimum absolute atomic E-state index is 0.524. The van der Waals surface area contributed by atoms with Gasteiger partial charge in [0, 0.05) is 18.0 Å². The van der Waals surface area contributed by atoms with Gasteiger partial charge in [0.05, 0.1) is 18.8 Å². The molecule has 0 spiro atoms. The summed E-state index contributed by atoms with van der Waals surface area (Å²) in [6.45, 7) is 7.58. The first-order valence-corrected chi connectivity index (χ1v) is 6.89. The molecular formula is C16H21N3O. The molecule has 1 heterocycles. The van der Waals surface area contributed by atoms with E-state index in [0.717, 1.165) is 29.6 Å². The highest BCUT2D eigenvalue weighted by atomic mass is 16.5. The van der Waals surface area contributed by atoms with Crippen molar-refractivity contribution in [3.8, 4) is 5.75 Å². The maximum absolute atomic E-state index is 5.71. The number of nitrogens with one attached hydrogen (secondary N) is 1. The van der Waals surface area contributed by atoms with Crippen LogP contribution < -0.4 is 10.1 Å². The molecular weight excluding hydrogens is 250 g/mol. The van der Waals surface area contributed by atoms with Crippen LogP contribution in [-0.4, -0.2) is 16.6 Å². The fraction of sp³-hybridized carbons (Fsp3) is 0.375. The standard InChI is InChI=1S/C16H21N3O/c1-12(2)11-20-16-6-4-5-14(9-16)18-10-15-7-8-17-13(3)19-15/h4-9,12,18H,10-11H2,1-3H3. The fourth-order valence-corrected chi connectivity index (χ4v) is 1.75. The van der Waals surface area contributed by atoms with Crippen molar-refractivity contribution in [2.45, 2.75) is 27.3 Å². The number of hydrogen-bond acceptors (Lipinski definition) is 4. The van der Waals surface area contributed by atoms with Gasteiger partial charge in [-0.2, -0.15) is 0 Å². The number of ether oxygens (including phenoxy) is 1. The first kappa shape index (κ1) is 14.3. The molecule has 0 unspecified atom stereocenters. The average molecular weight is 271 g/mol. The zero-order valence-corrected chi connectivity index (χ0v) is 12.3. The molecule has 20 heavy (non-hydrogen) atoms. The topological polar surface area (TPSA) is 47.0 Å². The Balaban J connectivity index is 1.94. The summed E-state index contributed by atoms with van der Waals surface area (Å²) in [5.41, 5.74) is 2.01. The molecule has 1 aromatic carbocycles. The molecule has 0 amide bonds. The molecule has 2 aromatic rings. The van der Waals surface area contributed by atoms with E-state index in [2.05, 4.69) is 29.1 Å². The first-order valence-electron chi connectivity index (χ1n) is 6.89. The molecule has 0 saturated heterocycles. The molecule has 4 heteroatoms. The van der Waals surface area contributed by atoms with Crippen molar-refractivity contribution in [3.63, 3.8) is 0 Å². The van der Waals surface area contributed by atoms with Crippen LogP contribution in [0, 0.1) is 12.8 Å². The average Bonchev–Trinajstić information content (AvgIpc) is 2.43. The molecule has 1 aromatic heterocycles. The van der Waals surface area contributed by atoms with Gasteiger partial charge in [0.2, 0.25) is 0 Å². The molecule has 1 N–H and O–H groups in total. The van der Waals surface area contributed by atoms with E-state index in [1.807, 2.05) is 37.3 Å². The van der Waals surface area contributed by atoms with E-state index < -0.39 is 0 Å². The third kappa shape index (κ3) is 4.53. The van der Waals surface area contributed by atoms with Crippen LogP contribution in [0.5, 0.6) is 5.75 Å². The predicted molar refractivity (Wildman–Crippen MR) is 80.9 cm³/mol. The van der Waals surface area contributed by atoms with Crippen molar-refractivity contribution in [3.05, 3.63) is 48.0 Å². The Labute approximate surface area is 120 Å². The lowest BCUT2D eigenvalue weighted by molar-refractivity contribution is 0.271. The Morgan fingerprint density at radius 3 is 2.85 bits per heavy atom. The lowest BCUT2D eigenvalue weighted by atomic mass is 10.2. The van der Waals surface area contributed by atoms with Crippen molar-refractivity contribution in [1.29, 1.82) is 0 Å². The smallest absolute Gasteiger partial charge is 0.125 e. The fourth-order valence-electron chi connectivity index (χ4n) is 1.75. The second-order valence-corrected chi connectivity index (χ2v) is 5.18. The highest BCUT2D eigenvalue weighted by molar-refractivity contribution is 5.48. The second kappa shape index (κ2) is 6.89. The maximum atomic E-state index is 5.71. The van der Waals surface area contributed by atoms with Crippen LogP contribution in [0.25, 0.3) is 0 Å². The van der Waals surface area contributed by atoms with E-state index in [1.54, 1.807) is 6.20 Å². The molecule has 0 radical (unpaired) electrons. The Hall–Kier alpha value is -2.10. The van der Waals surface area contributed by atoms with Crippen molar-refractivity contribution >= 4 is 5.69 Å². The quantitative estimate of drug-likeness (QED) is 0.874. The third-order valence-electron chi connectivity index (χ3n) is 2.72. The van der Waals surface area contributed by atoms with Crippen LogP contribution in [-0.2, 0) is 6.54 Å². The van der Waals surface area contributed by atoms with E-state index in [-0.39, 0.29) is 0 Å². The molecule has 0 bridgehead atoms. The second-order valence-electron chi connectivity index (χ2n) is 5.18. The van der Waals surface area contributed by atoms with Gasteiger partial charge in [0.15, 0.2) is 0 Å². The summed E-state index contributed by atoms with van der Waals surface area (Å²) in [6.07, 6.45) is 1.78. The molecule has 4 nitrogen and oxygen atoms in total. The first-order chi connectivity index (χ1) is 9.63. The van der Waals surface area contributed by atoms with E-state index in [4.69, 9.17) is 4.74 Å². The highest BCUT2D eigenvalue weighted by Crippen LogP contribution is 2.18. The number of aryl methyl sites for hydroxylation is 1. The number of anilines is 1. The van der Waals surface area contributed by atoms with E-state index in [1.165, 1.54) is 0 Å². The molecule has 2 rings (SSSR count). The summed E-state index contributed by atoms with van der Waals surface area (Å²) in [4.78, 5) is 8.46. The maximum Gasteiger partial charge on any atom is 0.125 e. The van der Waals surface area contributed by atoms with Crippen LogP contribution >= 0.6 is 0 Å². The van der Waals surface area contributed by atoms with Crippen molar-refractivity contribution in [2.24, 2.45) is 5.92 Å². The molecule has 0 fully saturated rings. The van der Waals surface area contributed by atoms with Crippen molar-refractivity contribution in [1.82, 2.24) is 9.97 Å². The molecule has 0 aliphatic heterocycles. The summed E-state index contributed by atoms with van der Waals surface area (Å²) >= 11 is 0. The van der Waals surface area contributed by atoms with Crippen LogP contribution in [0.1, 0.15) is 25.4 Å². The number of nitrogens with zero attached hydrogens (tertiary/aromatic N) is 2. The van der Waals surface area contributed by atoms with Crippen LogP contribution in [0.4, 0.5) is 5.69 Å². The minimum Gasteiger partial charge on any atom is -0.493 e. The summed E-state index contributed by atoms with van der Waals surface area (Å²) in [5.74, 6) is 2.21. The zero-order chi connectivity index (χ0) is 14.4. The minimum atomic E-state index is 0.524. The Morgan fingerprint density at radius 2 is 2.10 bits per heavy atom. The van der Waals surface area contributed by atoms with Gasteiger partial charge in [-0.15, -0.1) is 0 Å². The molecule has 0 aliphatic carbocycles. The van der Waals surface area contributed by atoms with Gasteiger partial charge in [0.25, 0.3) is 0 Å². The van der Waals surface area contributed by atoms with Crippen LogP contribution in [0.3, 0.4) is 0 Å². The highest BCUT2D eigenvalue weighted by Gasteiger charge is 2.00. The lowest BCUT2D eigenvalue weighted by Gasteiger charge is -2.11. The van der Waals surface area contributed by atoms with E-state index in [0.29, 0.717) is 12.5 Å². The van der Waals surface area contributed by atoms with E-state index in [9.17, 15) is 0 Å².